The van der Waals surface area contributed by atoms with Crippen molar-refractivity contribution in [3.05, 3.63) is 60.2 Å². The predicted octanol–water partition coefficient (Wildman–Crippen LogP) is 3.93. The molecule has 42 heavy (non-hydrogen) atoms. The zero-order chi connectivity index (χ0) is 30.9. The van der Waals surface area contributed by atoms with E-state index in [1.54, 1.807) is 44.4 Å². The molecule has 0 aliphatic heterocycles. The molecule has 11 heteroatoms. The van der Waals surface area contributed by atoms with Gasteiger partial charge in [-0.05, 0) is 49.7 Å². The van der Waals surface area contributed by atoms with E-state index in [2.05, 4.69) is 5.92 Å². The Morgan fingerprint density at radius 2 is 1.57 bits per heavy atom. The van der Waals surface area contributed by atoms with Crippen molar-refractivity contribution >= 4 is 44.1 Å². The second kappa shape index (κ2) is 14.6. The summed E-state index contributed by atoms with van der Waals surface area (Å²) in [4.78, 5) is 26.4. The predicted molar refractivity (Wildman–Crippen MR) is 161 cm³/mol. The normalized spacial score (nSPS) is 11.8. The number of anilines is 2. The Balaban J connectivity index is 2.16. The first-order valence-electron chi connectivity index (χ1n) is 13.2. The number of hydrogen-bond acceptors (Lipinski definition) is 9. The molecular weight excluding hydrogens is 560 g/mol. The Morgan fingerprint density at radius 3 is 2.17 bits per heavy atom. The summed E-state index contributed by atoms with van der Waals surface area (Å²) in [6.07, 6.45) is 5.78. The molecule has 0 radical (unpaired) electrons. The molecule has 3 rings (SSSR count). The highest BCUT2D eigenvalue weighted by molar-refractivity contribution is 7.92. The Morgan fingerprint density at radius 1 is 0.929 bits per heavy atom. The summed E-state index contributed by atoms with van der Waals surface area (Å²) in [6.45, 7) is 3.94. The van der Waals surface area contributed by atoms with Crippen LogP contribution in [-0.2, 0) is 33.8 Å². The van der Waals surface area contributed by atoms with Crippen molar-refractivity contribution < 1.29 is 37.0 Å². The molecule has 0 aliphatic carbocycles. The van der Waals surface area contributed by atoms with E-state index in [0.717, 1.165) is 4.31 Å². The fourth-order valence-corrected chi connectivity index (χ4v) is 6.05. The molecule has 3 aromatic carbocycles. The number of hydrogen-bond donors (Lipinski definition) is 0. The number of rotatable bonds is 14. The molecule has 0 spiro atoms. The van der Waals surface area contributed by atoms with Crippen LogP contribution in [0, 0.1) is 19.3 Å². The lowest BCUT2D eigenvalue weighted by Gasteiger charge is -2.32. The van der Waals surface area contributed by atoms with E-state index in [9.17, 15) is 18.0 Å². The molecule has 0 saturated heterocycles. The van der Waals surface area contributed by atoms with Crippen LogP contribution < -0.4 is 13.9 Å². The van der Waals surface area contributed by atoms with Crippen LogP contribution in [0.25, 0.3) is 10.8 Å². The molecule has 224 valence electrons. The van der Waals surface area contributed by atoms with Crippen LogP contribution in [0.1, 0.15) is 18.9 Å². The molecule has 0 amide bonds. The van der Waals surface area contributed by atoms with Crippen LogP contribution >= 0.6 is 0 Å². The second-order valence-corrected chi connectivity index (χ2v) is 11.3. The molecule has 0 fully saturated rings. The molecular formula is C31H36N2O8S. The van der Waals surface area contributed by atoms with Crippen molar-refractivity contribution in [3.63, 3.8) is 0 Å². The maximum atomic E-state index is 14.1. The molecule has 0 aromatic heterocycles. The van der Waals surface area contributed by atoms with Crippen LogP contribution in [-0.4, -0.2) is 74.0 Å². The summed E-state index contributed by atoms with van der Waals surface area (Å²) in [5, 5.41) is 1.25. The molecule has 0 bridgehead atoms. The first-order chi connectivity index (χ1) is 20.1. The number of esters is 2. The molecule has 0 aliphatic rings. The minimum atomic E-state index is -4.25. The fraction of sp³-hybridized carbons (Fsp3) is 0.355. The molecule has 1 atom stereocenters. The number of terminal acetylenes is 1. The average Bonchev–Trinajstić information content (AvgIpc) is 2.98. The van der Waals surface area contributed by atoms with Gasteiger partial charge in [0.1, 0.15) is 18.9 Å². The highest BCUT2D eigenvalue weighted by atomic mass is 32.2. The first-order valence-corrected chi connectivity index (χ1v) is 14.6. The standard InChI is InChI=1S/C31H36N2O8S/c1-7-16-32(23(3)20-30(34)39-5)27-13-14-28(26-11-9-8-10-25(26)27)33(21-31(35)40-6)42(36,37)24-12-15-29(22(2)19-24)41-18-17-38-4/h1,8-15,19,23H,16-18,20-21H2,2-6H3/t23-/m0/s1. The van der Waals surface area contributed by atoms with E-state index in [4.69, 9.17) is 25.4 Å². The summed E-state index contributed by atoms with van der Waals surface area (Å²) >= 11 is 0. The van der Waals surface area contributed by atoms with Crippen molar-refractivity contribution in [1.29, 1.82) is 0 Å². The van der Waals surface area contributed by atoms with Gasteiger partial charge in [0.25, 0.3) is 10.0 Å². The number of sulfonamides is 1. The number of carbonyl (C=O) groups excluding carboxylic acids is 2. The van der Waals surface area contributed by atoms with E-state index in [-0.39, 0.29) is 35.6 Å². The number of fused-ring (bicyclic) bond motifs is 1. The lowest BCUT2D eigenvalue weighted by molar-refractivity contribution is -0.141. The van der Waals surface area contributed by atoms with Crippen LogP contribution in [0.4, 0.5) is 11.4 Å². The minimum Gasteiger partial charge on any atom is -0.491 e. The van der Waals surface area contributed by atoms with E-state index in [1.165, 1.54) is 26.4 Å². The molecule has 0 unspecified atom stereocenters. The minimum absolute atomic E-state index is 0.0168. The third kappa shape index (κ3) is 7.32. The summed E-state index contributed by atoms with van der Waals surface area (Å²) in [5.74, 6) is 2.04. The smallest absolute Gasteiger partial charge is 0.326 e. The third-order valence-electron chi connectivity index (χ3n) is 6.72. The van der Waals surface area contributed by atoms with Crippen LogP contribution in [0.3, 0.4) is 0 Å². The van der Waals surface area contributed by atoms with Gasteiger partial charge in [0.05, 0.1) is 44.4 Å². The van der Waals surface area contributed by atoms with Gasteiger partial charge in [0.15, 0.2) is 0 Å². The summed E-state index contributed by atoms with van der Waals surface area (Å²) < 4.78 is 49.6. The van der Waals surface area contributed by atoms with Gasteiger partial charge in [-0.2, -0.15) is 0 Å². The van der Waals surface area contributed by atoms with Gasteiger partial charge in [0.2, 0.25) is 0 Å². The van der Waals surface area contributed by atoms with Crippen molar-refractivity contribution in [2.45, 2.75) is 31.2 Å². The van der Waals surface area contributed by atoms with Crippen molar-refractivity contribution in [2.24, 2.45) is 0 Å². The van der Waals surface area contributed by atoms with E-state index in [0.29, 0.717) is 41.0 Å². The molecule has 0 saturated carbocycles. The number of nitrogens with zero attached hydrogens (tertiary/aromatic N) is 2. The number of methoxy groups -OCH3 is 3. The topological polar surface area (TPSA) is 112 Å². The van der Waals surface area contributed by atoms with Crippen molar-refractivity contribution in [1.82, 2.24) is 0 Å². The molecule has 0 heterocycles. The van der Waals surface area contributed by atoms with Gasteiger partial charge in [-0.15, -0.1) is 6.42 Å². The van der Waals surface area contributed by atoms with Gasteiger partial charge in [0, 0.05) is 29.6 Å². The maximum Gasteiger partial charge on any atom is 0.326 e. The highest BCUT2D eigenvalue weighted by Crippen LogP contribution is 2.38. The number of ether oxygens (including phenoxy) is 4. The Bertz CT molecular complexity index is 1560. The van der Waals surface area contributed by atoms with Crippen molar-refractivity contribution in [3.8, 4) is 18.1 Å². The monoisotopic (exact) mass is 596 g/mol. The molecule has 0 N–H and O–H groups in total. The van der Waals surface area contributed by atoms with E-state index >= 15 is 0 Å². The third-order valence-corrected chi connectivity index (χ3v) is 8.48. The zero-order valence-corrected chi connectivity index (χ0v) is 25.3. The lowest BCUT2D eigenvalue weighted by Crippen LogP contribution is -2.37. The van der Waals surface area contributed by atoms with Gasteiger partial charge < -0.3 is 23.8 Å². The van der Waals surface area contributed by atoms with E-state index in [1.807, 2.05) is 24.0 Å². The zero-order valence-electron chi connectivity index (χ0n) is 24.5. The Hall–Kier alpha value is -4.27. The summed E-state index contributed by atoms with van der Waals surface area (Å²) in [6, 6.07) is 14.8. The lowest BCUT2D eigenvalue weighted by atomic mass is 10.0. The SMILES string of the molecule is C#CCN(c1ccc(N(CC(=O)OC)S(=O)(=O)c2ccc(OCCOC)c(C)c2)c2ccccc12)[C@@H](C)CC(=O)OC. The Labute approximate surface area is 247 Å². The van der Waals surface area contributed by atoms with Gasteiger partial charge in [-0.25, -0.2) is 8.42 Å². The maximum absolute atomic E-state index is 14.1. The van der Waals surface area contributed by atoms with Gasteiger partial charge in [-0.1, -0.05) is 30.2 Å². The van der Waals surface area contributed by atoms with Gasteiger partial charge >= 0.3 is 11.9 Å². The van der Waals surface area contributed by atoms with Crippen molar-refractivity contribution in [2.75, 3.05) is 56.8 Å². The first kappa shape index (κ1) is 32.2. The molecule has 10 nitrogen and oxygen atoms in total. The number of aryl methyl sites for hydroxylation is 1. The number of benzene rings is 3. The molecule has 3 aromatic rings. The van der Waals surface area contributed by atoms with Crippen LogP contribution in [0.5, 0.6) is 5.75 Å². The van der Waals surface area contributed by atoms with Crippen LogP contribution in [0.2, 0.25) is 0 Å². The number of carbonyl (C=O) groups is 2. The quantitative estimate of drug-likeness (QED) is 0.155. The van der Waals surface area contributed by atoms with E-state index < -0.39 is 22.5 Å². The largest absolute Gasteiger partial charge is 0.491 e. The highest BCUT2D eigenvalue weighted by Gasteiger charge is 2.30. The van der Waals surface area contributed by atoms with Gasteiger partial charge in [-0.3, -0.25) is 13.9 Å². The fourth-order valence-electron chi connectivity index (χ4n) is 4.53. The second-order valence-electron chi connectivity index (χ2n) is 9.47. The average molecular weight is 597 g/mol. The van der Waals surface area contributed by atoms with Crippen LogP contribution in [0.15, 0.2) is 59.5 Å². The Kier molecular flexibility index (Phi) is 11.2. The summed E-state index contributed by atoms with van der Waals surface area (Å²) in [5.41, 5.74) is 1.58. The summed E-state index contributed by atoms with van der Waals surface area (Å²) in [7, 11) is -0.162.